The molecule has 2 atom stereocenters. The average molecular weight is 227 g/mol. The molecule has 2 unspecified atom stereocenters. The van der Waals surface area contributed by atoms with Crippen LogP contribution in [-0.2, 0) is 0 Å². The standard InChI is InChI=1S/C12H25N3O/c1-14(6-7-15-4-2-3-5-15)10-11-8-12(16)9-13-11/h11-13,16H,2-10H2,1H3. The van der Waals surface area contributed by atoms with Gasteiger partial charge in [-0.1, -0.05) is 0 Å². The number of aliphatic hydroxyl groups is 1. The van der Waals surface area contributed by atoms with Crippen LogP contribution in [0.3, 0.4) is 0 Å². The van der Waals surface area contributed by atoms with E-state index in [-0.39, 0.29) is 6.10 Å². The van der Waals surface area contributed by atoms with Gasteiger partial charge in [0.05, 0.1) is 6.10 Å². The van der Waals surface area contributed by atoms with E-state index in [1.54, 1.807) is 0 Å². The van der Waals surface area contributed by atoms with E-state index in [0.29, 0.717) is 6.04 Å². The van der Waals surface area contributed by atoms with Crippen LogP contribution in [0.15, 0.2) is 0 Å². The molecular formula is C12H25N3O. The van der Waals surface area contributed by atoms with Gasteiger partial charge in [-0.25, -0.2) is 0 Å². The van der Waals surface area contributed by atoms with Gasteiger partial charge in [0, 0.05) is 32.2 Å². The fraction of sp³-hybridized carbons (Fsp3) is 1.00. The number of nitrogens with zero attached hydrogens (tertiary/aromatic N) is 2. The number of β-amino-alcohol motifs (C(OH)–C–C–N with tert-alkyl or cyclic N) is 1. The van der Waals surface area contributed by atoms with Crippen LogP contribution in [0.25, 0.3) is 0 Å². The number of hydrogen-bond acceptors (Lipinski definition) is 4. The zero-order valence-electron chi connectivity index (χ0n) is 10.4. The molecule has 0 amide bonds. The first kappa shape index (κ1) is 12.3. The molecule has 2 rings (SSSR count). The lowest BCUT2D eigenvalue weighted by atomic mass is 10.2. The largest absolute Gasteiger partial charge is 0.392 e. The van der Waals surface area contributed by atoms with E-state index in [0.717, 1.165) is 26.1 Å². The topological polar surface area (TPSA) is 38.7 Å². The molecule has 0 aromatic carbocycles. The van der Waals surface area contributed by atoms with Crippen molar-refractivity contribution < 1.29 is 5.11 Å². The monoisotopic (exact) mass is 227 g/mol. The van der Waals surface area contributed by atoms with Crippen molar-refractivity contribution in [2.24, 2.45) is 0 Å². The third-order valence-electron chi connectivity index (χ3n) is 3.73. The zero-order chi connectivity index (χ0) is 11.4. The van der Waals surface area contributed by atoms with E-state index < -0.39 is 0 Å². The summed E-state index contributed by atoms with van der Waals surface area (Å²) in [6.07, 6.45) is 3.53. The summed E-state index contributed by atoms with van der Waals surface area (Å²) in [4.78, 5) is 4.93. The number of likely N-dealkylation sites (N-methyl/N-ethyl adjacent to an activating group) is 1. The minimum atomic E-state index is -0.128. The normalized spacial score (nSPS) is 31.7. The second-order valence-corrected chi connectivity index (χ2v) is 5.31. The number of nitrogens with one attached hydrogen (secondary N) is 1. The summed E-state index contributed by atoms with van der Waals surface area (Å²) in [5, 5.41) is 12.8. The predicted octanol–water partition coefficient (Wildman–Crippen LogP) is -0.263. The Morgan fingerprint density at radius 3 is 2.75 bits per heavy atom. The zero-order valence-corrected chi connectivity index (χ0v) is 10.4. The lowest BCUT2D eigenvalue weighted by molar-refractivity contribution is 0.188. The van der Waals surface area contributed by atoms with Crippen molar-refractivity contribution in [2.75, 3.05) is 46.3 Å². The van der Waals surface area contributed by atoms with Gasteiger partial charge in [0.1, 0.15) is 0 Å². The molecule has 16 heavy (non-hydrogen) atoms. The highest BCUT2D eigenvalue weighted by atomic mass is 16.3. The Morgan fingerprint density at radius 2 is 2.12 bits per heavy atom. The molecule has 0 saturated carbocycles. The second-order valence-electron chi connectivity index (χ2n) is 5.31. The molecule has 0 spiro atoms. The van der Waals surface area contributed by atoms with Gasteiger partial charge in [0.25, 0.3) is 0 Å². The molecule has 2 heterocycles. The number of rotatable bonds is 5. The van der Waals surface area contributed by atoms with E-state index in [1.807, 2.05) is 0 Å². The molecule has 0 aliphatic carbocycles. The van der Waals surface area contributed by atoms with Gasteiger partial charge >= 0.3 is 0 Å². The highest BCUT2D eigenvalue weighted by molar-refractivity contribution is 4.83. The molecule has 94 valence electrons. The maximum atomic E-state index is 9.43. The average Bonchev–Trinajstić information content (AvgIpc) is 2.87. The Kier molecular flexibility index (Phi) is 4.58. The summed E-state index contributed by atoms with van der Waals surface area (Å²) < 4.78 is 0. The van der Waals surface area contributed by atoms with Crippen molar-refractivity contribution in [2.45, 2.75) is 31.4 Å². The Morgan fingerprint density at radius 1 is 1.38 bits per heavy atom. The molecule has 0 radical (unpaired) electrons. The maximum absolute atomic E-state index is 9.43. The van der Waals surface area contributed by atoms with Crippen molar-refractivity contribution in [1.82, 2.24) is 15.1 Å². The summed E-state index contributed by atoms with van der Waals surface area (Å²) >= 11 is 0. The molecule has 2 fully saturated rings. The third-order valence-corrected chi connectivity index (χ3v) is 3.73. The summed E-state index contributed by atoms with van der Waals surface area (Å²) in [6, 6.07) is 0.485. The molecule has 2 N–H and O–H groups in total. The summed E-state index contributed by atoms with van der Waals surface area (Å²) in [5.41, 5.74) is 0. The molecule has 4 nitrogen and oxygen atoms in total. The molecule has 0 aromatic rings. The molecule has 2 saturated heterocycles. The van der Waals surface area contributed by atoms with Crippen LogP contribution in [0.2, 0.25) is 0 Å². The first-order valence-corrected chi connectivity index (χ1v) is 6.56. The van der Waals surface area contributed by atoms with Crippen LogP contribution >= 0.6 is 0 Å². The van der Waals surface area contributed by atoms with E-state index >= 15 is 0 Å². The first-order valence-electron chi connectivity index (χ1n) is 6.56. The van der Waals surface area contributed by atoms with Crippen LogP contribution in [0, 0.1) is 0 Å². The maximum Gasteiger partial charge on any atom is 0.0680 e. The van der Waals surface area contributed by atoms with E-state index in [4.69, 9.17) is 0 Å². The van der Waals surface area contributed by atoms with Crippen molar-refractivity contribution >= 4 is 0 Å². The van der Waals surface area contributed by atoms with E-state index in [1.165, 1.54) is 32.5 Å². The van der Waals surface area contributed by atoms with Crippen LogP contribution in [0.4, 0.5) is 0 Å². The Labute approximate surface area is 98.6 Å². The SMILES string of the molecule is CN(CCN1CCCC1)CC1CC(O)CN1. The van der Waals surface area contributed by atoms with Crippen molar-refractivity contribution in [3.8, 4) is 0 Å². The molecule has 0 bridgehead atoms. The number of hydrogen-bond donors (Lipinski definition) is 2. The fourth-order valence-electron chi connectivity index (χ4n) is 2.72. The minimum Gasteiger partial charge on any atom is -0.392 e. The van der Waals surface area contributed by atoms with E-state index in [2.05, 4.69) is 22.2 Å². The van der Waals surface area contributed by atoms with Crippen molar-refractivity contribution in [3.63, 3.8) is 0 Å². The highest BCUT2D eigenvalue weighted by Crippen LogP contribution is 2.09. The van der Waals surface area contributed by atoms with Gasteiger partial charge in [-0.3, -0.25) is 0 Å². The number of aliphatic hydroxyl groups excluding tert-OH is 1. The number of likely N-dealkylation sites (tertiary alicyclic amines) is 1. The molecule has 0 aromatic heterocycles. The second kappa shape index (κ2) is 5.96. The first-order chi connectivity index (χ1) is 7.74. The smallest absolute Gasteiger partial charge is 0.0680 e. The van der Waals surface area contributed by atoms with Gasteiger partial charge in [-0.2, -0.15) is 0 Å². The molecule has 2 aliphatic heterocycles. The summed E-state index contributed by atoms with van der Waals surface area (Å²) in [5.74, 6) is 0. The summed E-state index contributed by atoms with van der Waals surface area (Å²) in [6.45, 7) is 6.75. The predicted molar refractivity (Wildman–Crippen MR) is 65.6 cm³/mol. The highest BCUT2D eigenvalue weighted by Gasteiger charge is 2.23. The van der Waals surface area contributed by atoms with Crippen LogP contribution in [-0.4, -0.2) is 73.4 Å². The van der Waals surface area contributed by atoms with Crippen LogP contribution in [0.1, 0.15) is 19.3 Å². The van der Waals surface area contributed by atoms with Gasteiger partial charge in [-0.05, 0) is 39.4 Å². The van der Waals surface area contributed by atoms with Crippen molar-refractivity contribution in [1.29, 1.82) is 0 Å². The summed E-state index contributed by atoms with van der Waals surface area (Å²) in [7, 11) is 2.18. The molecular weight excluding hydrogens is 202 g/mol. The van der Waals surface area contributed by atoms with Gasteiger partial charge < -0.3 is 20.2 Å². The lowest BCUT2D eigenvalue weighted by Gasteiger charge is -2.23. The fourth-order valence-corrected chi connectivity index (χ4v) is 2.72. The van der Waals surface area contributed by atoms with Gasteiger partial charge in [0.2, 0.25) is 0 Å². The Hall–Kier alpha value is -0.160. The van der Waals surface area contributed by atoms with E-state index in [9.17, 15) is 5.11 Å². The Bertz CT molecular complexity index is 206. The third kappa shape index (κ3) is 3.70. The quantitative estimate of drug-likeness (QED) is 0.678. The van der Waals surface area contributed by atoms with Crippen LogP contribution in [0.5, 0.6) is 0 Å². The molecule has 4 heteroatoms. The Balaban J connectivity index is 1.58. The minimum absolute atomic E-state index is 0.128. The van der Waals surface area contributed by atoms with Crippen LogP contribution < -0.4 is 5.32 Å². The van der Waals surface area contributed by atoms with Crippen molar-refractivity contribution in [3.05, 3.63) is 0 Å². The lowest BCUT2D eigenvalue weighted by Crippen LogP contribution is -2.39. The van der Waals surface area contributed by atoms with Gasteiger partial charge in [0.15, 0.2) is 0 Å². The molecule has 2 aliphatic rings. The van der Waals surface area contributed by atoms with Gasteiger partial charge in [-0.15, -0.1) is 0 Å².